The van der Waals surface area contributed by atoms with Crippen LogP contribution < -0.4 is 0 Å². The number of nitrogens with zero attached hydrogens (tertiary/aromatic N) is 2. The standard InChI is InChI=1S/C16H14BrClN2O3S/c17-12-7-11(8-19-9-12)16(21)20-6-5-15(10-20)24(22,23)14-3-1-13(18)2-4-14/h1-4,7-9,15H,5-6,10H2. The van der Waals surface area contributed by atoms with Crippen LogP contribution in [0.4, 0.5) is 0 Å². The minimum atomic E-state index is -3.49. The van der Waals surface area contributed by atoms with Crippen molar-refractivity contribution >= 4 is 43.3 Å². The Morgan fingerprint density at radius 3 is 2.62 bits per heavy atom. The molecule has 1 aromatic heterocycles. The van der Waals surface area contributed by atoms with Crippen LogP contribution >= 0.6 is 27.5 Å². The second-order valence-electron chi connectivity index (χ2n) is 5.55. The second kappa shape index (κ2) is 6.82. The van der Waals surface area contributed by atoms with Crippen molar-refractivity contribution in [3.63, 3.8) is 0 Å². The van der Waals surface area contributed by atoms with Crippen molar-refractivity contribution in [2.75, 3.05) is 13.1 Å². The third-order valence-corrected chi connectivity index (χ3v) is 6.84. The number of halogens is 2. The number of hydrogen-bond donors (Lipinski definition) is 0. The number of pyridine rings is 1. The lowest BCUT2D eigenvalue weighted by molar-refractivity contribution is 0.0792. The molecule has 2 heterocycles. The Labute approximate surface area is 153 Å². The lowest BCUT2D eigenvalue weighted by Crippen LogP contribution is -2.32. The van der Waals surface area contributed by atoms with Gasteiger partial charge in [-0.25, -0.2) is 8.42 Å². The molecule has 1 atom stereocenters. The Bertz CT molecular complexity index is 871. The smallest absolute Gasteiger partial charge is 0.255 e. The Balaban J connectivity index is 1.77. The molecule has 2 aromatic rings. The van der Waals surface area contributed by atoms with Crippen molar-refractivity contribution in [1.29, 1.82) is 0 Å². The van der Waals surface area contributed by atoms with E-state index in [0.29, 0.717) is 28.0 Å². The van der Waals surface area contributed by atoms with E-state index in [0.717, 1.165) is 0 Å². The third-order valence-electron chi connectivity index (χ3n) is 3.97. The molecule has 1 aliphatic heterocycles. The number of carbonyl (C=O) groups excluding carboxylic acids is 1. The zero-order chi connectivity index (χ0) is 17.3. The minimum absolute atomic E-state index is 0.177. The average molecular weight is 430 g/mol. The van der Waals surface area contributed by atoms with Crippen LogP contribution in [0, 0.1) is 0 Å². The van der Waals surface area contributed by atoms with Crippen molar-refractivity contribution in [2.45, 2.75) is 16.6 Å². The normalized spacial score (nSPS) is 17.9. The monoisotopic (exact) mass is 428 g/mol. The lowest BCUT2D eigenvalue weighted by Gasteiger charge is -2.17. The third kappa shape index (κ3) is 3.48. The molecule has 1 aliphatic rings. The molecule has 0 bridgehead atoms. The van der Waals surface area contributed by atoms with Crippen molar-refractivity contribution in [3.05, 3.63) is 57.8 Å². The average Bonchev–Trinajstić information content (AvgIpc) is 3.05. The van der Waals surface area contributed by atoms with Crippen LogP contribution in [0.2, 0.25) is 5.02 Å². The van der Waals surface area contributed by atoms with Gasteiger partial charge in [0.2, 0.25) is 0 Å². The van der Waals surface area contributed by atoms with E-state index in [1.165, 1.54) is 18.3 Å². The predicted molar refractivity (Wildman–Crippen MR) is 94.9 cm³/mol. The molecule has 1 fully saturated rings. The van der Waals surface area contributed by atoms with Gasteiger partial charge in [-0.15, -0.1) is 0 Å². The molecule has 1 saturated heterocycles. The van der Waals surface area contributed by atoms with E-state index in [-0.39, 0.29) is 17.3 Å². The highest BCUT2D eigenvalue weighted by Crippen LogP contribution is 2.26. The van der Waals surface area contributed by atoms with Crippen LogP contribution in [0.25, 0.3) is 0 Å². The summed E-state index contributed by atoms with van der Waals surface area (Å²) in [5.41, 5.74) is 0.439. The molecule has 24 heavy (non-hydrogen) atoms. The fraction of sp³-hybridized carbons (Fsp3) is 0.250. The number of aromatic nitrogens is 1. The van der Waals surface area contributed by atoms with Gasteiger partial charge in [0, 0.05) is 35.0 Å². The summed E-state index contributed by atoms with van der Waals surface area (Å²) < 4.78 is 26.1. The van der Waals surface area contributed by atoms with Crippen LogP contribution in [0.1, 0.15) is 16.8 Å². The Morgan fingerprint density at radius 1 is 1.25 bits per heavy atom. The van der Waals surface area contributed by atoms with E-state index in [4.69, 9.17) is 11.6 Å². The highest BCUT2D eigenvalue weighted by atomic mass is 79.9. The first-order chi connectivity index (χ1) is 11.4. The van der Waals surface area contributed by atoms with Crippen LogP contribution in [0.5, 0.6) is 0 Å². The Morgan fingerprint density at radius 2 is 1.96 bits per heavy atom. The predicted octanol–water partition coefficient (Wildman–Crippen LogP) is 3.19. The summed E-state index contributed by atoms with van der Waals surface area (Å²) in [6.45, 7) is 0.582. The summed E-state index contributed by atoms with van der Waals surface area (Å²) in [7, 11) is -3.49. The maximum Gasteiger partial charge on any atom is 0.255 e. The molecule has 8 heteroatoms. The summed E-state index contributed by atoms with van der Waals surface area (Å²) in [4.78, 5) is 18.3. The van der Waals surface area contributed by atoms with Crippen LogP contribution in [-0.2, 0) is 9.84 Å². The highest BCUT2D eigenvalue weighted by Gasteiger charge is 2.36. The molecule has 0 aliphatic carbocycles. The number of likely N-dealkylation sites (tertiary alicyclic amines) is 1. The van der Waals surface area contributed by atoms with Gasteiger partial charge in [-0.05, 0) is 52.7 Å². The van der Waals surface area contributed by atoms with E-state index < -0.39 is 15.1 Å². The zero-order valence-electron chi connectivity index (χ0n) is 12.5. The molecule has 3 rings (SSSR count). The zero-order valence-corrected chi connectivity index (χ0v) is 15.7. The number of sulfone groups is 1. The van der Waals surface area contributed by atoms with Gasteiger partial charge in [-0.2, -0.15) is 0 Å². The summed E-state index contributed by atoms with van der Waals surface area (Å²) in [5.74, 6) is -0.211. The second-order valence-corrected chi connectivity index (χ2v) is 9.13. The largest absolute Gasteiger partial charge is 0.337 e. The maximum atomic E-state index is 12.7. The van der Waals surface area contributed by atoms with Gasteiger partial charge in [-0.1, -0.05) is 11.6 Å². The molecule has 1 amide bonds. The first-order valence-corrected chi connectivity index (χ1v) is 9.99. The van der Waals surface area contributed by atoms with E-state index in [9.17, 15) is 13.2 Å². The molecular formula is C16H14BrClN2O3S. The van der Waals surface area contributed by atoms with Crippen LogP contribution in [0.15, 0.2) is 52.1 Å². The summed E-state index contributed by atoms with van der Waals surface area (Å²) in [5, 5.41) is -0.123. The van der Waals surface area contributed by atoms with Crippen LogP contribution in [-0.4, -0.2) is 42.5 Å². The first-order valence-electron chi connectivity index (χ1n) is 7.27. The SMILES string of the molecule is O=C(c1cncc(Br)c1)N1CCC(S(=O)(=O)c2ccc(Cl)cc2)C1. The number of benzene rings is 1. The molecular weight excluding hydrogens is 416 g/mol. The maximum absolute atomic E-state index is 12.7. The van der Waals surface area contributed by atoms with Gasteiger partial charge in [0.05, 0.1) is 15.7 Å². The van der Waals surface area contributed by atoms with Crippen molar-refractivity contribution < 1.29 is 13.2 Å². The Hall–Kier alpha value is -1.44. The van der Waals surface area contributed by atoms with Gasteiger partial charge in [-0.3, -0.25) is 9.78 Å². The van der Waals surface area contributed by atoms with Gasteiger partial charge in [0.15, 0.2) is 9.84 Å². The fourth-order valence-electron chi connectivity index (χ4n) is 2.69. The van der Waals surface area contributed by atoms with Gasteiger partial charge in [0.25, 0.3) is 5.91 Å². The fourth-order valence-corrected chi connectivity index (χ4v) is 4.88. The number of rotatable bonds is 3. The van der Waals surface area contributed by atoms with Crippen molar-refractivity contribution in [3.8, 4) is 0 Å². The first kappa shape index (κ1) is 17.4. The minimum Gasteiger partial charge on any atom is -0.337 e. The topological polar surface area (TPSA) is 67.3 Å². The molecule has 1 aromatic carbocycles. The molecule has 0 saturated carbocycles. The van der Waals surface area contributed by atoms with Gasteiger partial charge >= 0.3 is 0 Å². The van der Waals surface area contributed by atoms with Crippen molar-refractivity contribution in [2.24, 2.45) is 0 Å². The summed E-state index contributed by atoms with van der Waals surface area (Å²) in [6, 6.07) is 7.79. The van der Waals surface area contributed by atoms with Gasteiger partial charge in [0.1, 0.15) is 0 Å². The van der Waals surface area contributed by atoms with Crippen molar-refractivity contribution in [1.82, 2.24) is 9.88 Å². The number of hydrogen-bond acceptors (Lipinski definition) is 4. The molecule has 126 valence electrons. The summed E-state index contributed by atoms with van der Waals surface area (Å²) >= 11 is 9.09. The molecule has 0 N–H and O–H groups in total. The molecule has 5 nitrogen and oxygen atoms in total. The van der Waals surface area contributed by atoms with E-state index in [2.05, 4.69) is 20.9 Å². The summed E-state index contributed by atoms with van der Waals surface area (Å²) in [6.07, 6.45) is 3.49. The van der Waals surface area contributed by atoms with Crippen LogP contribution in [0.3, 0.4) is 0 Å². The van der Waals surface area contributed by atoms with Gasteiger partial charge < -0.3 is 4.90 Å². The Kier molecular flexibility index (Phi) is 4.94. The number of carbonyl (C=O) groups is 1. The molecule has 0 spiro atoms. The highest BCUT2D eigenvalue weighted by molar-refractivity contribution is 9.10. The quantitative estimate of drug-likeness (QED) is 0.751. The lowest BCUT2D eigenvalue weighted by atomic mass is 10.2. The van der Waals surface area contributed by atoms with E-state index in [1.807, 2.05) is 0 Å². The number of amides is 1. The van der Waals surface area contributed by atoms with E-state index in [1.54, 1.807) is 29.3 Å². The molecule has 1 unspecified atom stereocenters. The molecule has 0 radical (unpaired) electrons. The van der Waals surface area contributed by atoms with E-state index >= 15 is 0 Å².